The smallest absolute Gasteiger partial charge is 0.273 e. The SMILES string of the molecule is CC[C@@H](C)NC(=O)c1nnn(-c2cccc3c2CCN(C)C3)c1C. The molecule has 128 valence electrons. The number of aromatic nitrogens is 3. The van der Waals surface area contributed by atoms with Gasteiger partial charge in [-0.3, -0.25) is 4.79 Å². The first-order chi connectivity index (χ1) is 11.5. The molecule has 0 fully saturated rings. The van der Waals surface area contributed by atoms with E-state index in [0.29, 0.717) is 5.69 Å². The molecular formula is C18H25N5O. The maximum absolute atomic E-state index is 12.4. The third kappa shape index (κ3) is 3.06. The summed E-state index contributed by atoms with van der Waals surface area (Å²) < 4.78 is 1.80. The molecular weight excluding hydrogens is 302 g/mol. The zero-order valence-electron chi connectivity index (χ0n) is 14.8. The van der Waals surface area contributed by atoms with Gasteiger partial charge in [-0.2, -0.15) is 0 Å². The molecule has 0 saturated heterocycles. The van der Waals surface area contributed by atoms with Crippen molar-refractivity contribution in [3.63, 3.8) is 0 Å². The summed E-state index contributed by atoms with van der Waals surface area (Å²) in [6, 6.07) is 6.40. The zero-order chi connectivity index (χ0) is 17.3. The number of benzene rings is 1. The molecule has 1 aliphatic heterocycles. The number of hydrogen-bond acceptors (Lipinski definition) is 4. The molecule has 2 heterocycles. The summed E-state index contributed by atoms with van der Waals surface area (Å²) in [4.78, 5) is 14.7. The lowest BCUT2D eigenvalue weighted by Gasteiger charge is -2.26. The van der Waals surface area contributed by atoms with Gasteiger partial charge >= 0.3 is 0 Å². The van der Waals surface area contributed by atoms with Crippen LogP contribution in [-0.2, 0) is 13.0 Å². The monoisotopic (exact) mass is 327 g/mol. The van der Waals surface area contributed by atoms with Crippen molar-refractivity contribution in [2.45, 2.75) is 46.2 Å². The molecule has 6 nitrogen and oxygen atoms in total. The van der Waals surface area contributed by atoms with E-state index < -0.39 is 0 Å². The van der Waals surface area contributed by atoms with Gasteiger partial charge in [-0.15, -0.1) is 5.10 Å². The Morgan fingerprint density at radius 1 is 1.42 bits per heavy atom. The Morgan fingerprint density at radius 2 is 2.21 bits per heavy atom. The minimum atomic E-state index is -0.155. The van der Waals surface area contributed by atoms with E-state index in [0.717, 1.165) is 37.3 Å². The maximum Gasteiger partial charge on any atom is 0.273 e. The molecule has 1 atom stereocenters. The highest BCUT2D eigenvalue weighted by Crippen LogP contribution is 2.25. The van der Waals surface area contributed by atoms with Crippen LogP contribution in [0.5, 0.6) is 0 Å². The van der Waals surface area contributed by atoms with Gasteiger partial charge in [-0.25, -0.2) is 4.68 Å². The molecule has 1 N–H and O–H groups in total. The van der Waals surface area contributed by atoms with Crippen molar-refractivity contribution in [3.05, 3.63) is 40.7 Å². The number of fused-ring (bicyclic) bond motifs is 1. The molecule has 0 spiro atoms. The van der Waals surface area contributed by atoms with Gasteiger partial charge in [0.05, 0.1) is 11.4 Å². The summed E-state index contributed by atoms with van der Waals surface area (Å²) >= 11 is 0. The fraction of sp³-hybridized carbons (Fsp3) is 0.500. The quantitative estimate of drug-likeness (QED) is 0.934. The van der Waals surface area contributed by atoms with Crippen molar-refractivity contribution >= 4 is 5.91 Å². The molecule has 2 aromatic rings. The average molecular weight is 327 g/mol. The van der Waals surface area contributed by atoms with Crippen molar-refractivity contribution in [1.82, 2.24) is 25.2 Å². The first kappa shape index (κ1) is 16.6. The average Bonchev–Trinajstić information content (AvgIpc) is 2.95. The van der Waals surface area contributed by atoms with Gasteiger partial charge in [0.25, 0.3) is 5.91 Å². The highest BCUT2D eigenvalue weighted by molar-refractivity contribution is 5.93. The fourth-order valence-corrected chi connectivity index (χ4v) is 3.09. The number of amides is 1. The van der Waals surface area contributed by atoms with Crippen LogP contribution in [-0.4, -0.2) is 45.4 Å². The van der Waals surface area contributed by atoms with Gasteiger partial charge < -0.3 is 10.2 Å². The number of carbonyl (C=O) groups excluding carboxylic acids is 1. The Labute approximate surface area is 142 Å². The maximum atomic E-state index is 12.4. The van der Waals surface area contributed by atoms with E-state index in [1.54, 1.807) is 4.68 Å². The van der Waals surface area contributed by atoms with Crippen LogP contribution in [0, 0.1) is 6.92 Å². The summed E-state index contributed by atoms with van der Waals surface area (Å²) in [5, 5.41) is 11.4. The van der Waals surface area contributed by atoms with Crippen LogP contribution in [0.4, 0.5) is 0 Å². The molecule has 0 unspecified atom stereocenters. The van der Waals surface area contributed by atoms with Crippen LogP contribution < -0.4 is 5.32 Å². The van der Waals surface area contributed by atoms with Crippen molar-refractivity contribution in [2.75, 3.05) is 13.6 Å². The first-order valence-corrected chi connectivity index (χ1v) is 8.54. The molecule has 0 saturated carbocycles. The first-order valence-electron chi connectivity index (χ1n) is 8.54. The summed E-state index contributed by atoms with van der Waals surface area (Å²) in [5.74, 6) is -0.155. The number of nitrogens with zero attached hydrogens (tertiary/aromatic N) is 4. The largest absolute Gasteiger partial charge is 0.348 e. The normalized spacial score (nSPS) is 15.8. The second kappa shape index (κ2) is 6.73. The zero-order valence-corrected chi connectivity index (χ0v) is 14.8. The molecule has 0 bridgehead atoms. The molecule has 1 amide bonds. The lowest BCUT2D eigenvalue weighted by atomic mass is 9.98. The molecule has 1 aliphatic rings. The van der Waals surface area contributed by atoms with E-state index in [1.807, 2.05) is 26.8 Å². The van der Waals surface area contributed by atoms with E-state index in [2.05, 4.69) is 39.7 Å². The Morgan fingerprint density at radius 3 is 2.96 bits per heavy atom. The van der Waals surface area contributed by atoms with E-state index >= 15 is 0 Å². The lowest BCUT2D eigenvalue weighted by molar-refractivity contribution is 0.0933. The third-order valence-corrected chi connectivity index (χ3v) is 4.76. The highest BCUT2D eigenvalue weighted by atomic mass is 16.2. The summed E-state index contributed by atoms with van der Waals surface area (Å²) in [5.41, 5.74) is 4.84. The number of rotatable bonds is 4. The van der Waals surface area contributed by atoms with Crippen LogP contribution in [0.3, 0.4) is 0 Å². The predicted molar refractivity (Wildman–Crippen MR) is 93.4 cm³/mol. The summed E-state index contributed by atoms with van der Waals surface area (Å²) in [6.07, 6.45) is 1.87. The Balaban J connectivity index is 1.95. The Kier molecular flexibility index (Phi) is 4.66. The van der Waals surface area contributed by atoms with Gasteiger partial charge in [0.15, 0.2) is 5.69 Å². The molecule has 6 heteroatoms. The molecule has 1 aromatic heterocycles. The van der Waals surface area contributed by atoms with E-state index in [1.165, 1.54) is 11.1 Å². The molecule has 24 heavy (non-hydrogen) atoms. The fourth-order valence-electron chi connectivity index (χ4n) is 3.09. The van der Waals surface area contributed by atoms with E-state index in [9.17, 15) is 4.79 Å². The van der Waals surface area contributed by atoms with Gasteiger partial charge in [-0.05, 0) is 50.9 Å². The minimum absolute atomic E-state index is 0.127. The molecule has 0 radical (unpaired) electrons. The summed E-state index contributed by atoms with van der Waals surface area (Å²) in [7, 11) is 2.13. The van der Waals surface area contributed by atoms with Crippen molar-refractivity contribution < 1.29 is 4.79 Å². The van der Waals surface area contributed by atoms with Crippen LogP contribution in [0.1, 0.15) is 47.6 Å². The van der Waals surface area contributed by atoms with Crippen LogP contribution in [0.15, 0.2) is 18.2 Å². The third-order valence-electron chi connectivity index (χ3n) is 4.76. The van der Waals surface area contributed by atoms with Gasteiger partial charge in [0.2, 0.25) is 0 Å². The van der Waals surface area contributed by atoms with Crippen molar-refractivity contribution in [1.29, 1.82) is 0 Å². The number of carbonyl (C=O) groups is 1. The van der Waals surface area contributed by atoms with Crippen LogP contribution in [0.25, 0.3) is 5.69 Å². The van der Waals surface area contributed by atoms with Crippen LogP contribution in [0.2, 0.25) is 0 Å². The standard InChI is InChI=1S/C18H25N5O/c1-5-12(2)19-18(24)17-13(3)23(21-20-17)16-8-6-7-14-11-22(4)10-9-15(14)16/h6-8,12H,5,9-11H2,1-4H3,(H,19,24)/t12-/m1/s1. The number of hydrogen-bond donors (Lipinski definition) is 1. The van der Waals surface area contributed by atoms with E-state index in [-0.39, 0.29) is 11.9 Å². The highest BCUT2D eigenvalue weighted by Gasteiger charge is 2.22. The minimum Gasteiger partial charge on any atom is -0.348 e. The van der Waals surface area contributed by atoms with Gasteiger partial charge in [0.1, 0.15) is 0 Å². The summed E-state index contributed by atoms with van der Waals surface area (Å²) in [6.45, 7) is 7.90. The number of likely N-dealkylation sites (N-methyl/N-ethyl adjacent to an activating group) is 1. The Hall–Kier alpha value is -2.21. The molecule has 1 aromatic carbocycles. The lowest BCUT2D eigenvalue weighted by Crippen LogP contribution is -2.32. The van der Waals surface area contributed by atoms with Crippen molar-refractivity contribution in [3.8, 4) is 5.69 Å². The van der Waals surface area contributed by atoms with Gasteiger partial charge in [0, 0.05) is 19.1 Å². The molecule has 0 aliphatic carbocycles. The van der Waals surface area contributed by atoms with E-state index in [4.69, 9.17) is 0 Å². The molecule has 3 rings (SSSR count). The second-order valence-corrected chi connectivity index (χ2v) is 6.62. The van der Waals surface area contributed by atoms with Gasteiger partial charge in [-0.1, -0.05) is 24.3 Å². The van der Waals surface area contributed by atoms with Crippen molar-refractivity contribution in [2.24, 2.45) is 0 Å². The topological polar surface area (TPSA) is 63.1 Å². The Bertz CT molecular complexity index is 752. The second-order valence-electron chi connectivity index (χ2n) is 6.62. The van der Waals surface area contributed by atoms with Crippen LogP contribution >= 0.6 is 0 Å². The predicted octanol–water partition coefficient (Wildman–Crippen LogP) is 2.09. The number of nitrogens with one attached hydrogen (secondary N) is 1.